The second-order valence-corrected chi connectivity index (χ2v) is 5.32. The molecule has 0 radical (unpaired) electrons. The quantitative estimate of drug-likeness (QED) is 0.794. The number of esters is 1. The smallest absolute Gasteiger partial charge is 0.330 e. The molecule has 1 aromatic rings. The van der Waals surface area contributed by atoms with Gasteiger partial charge in [0.15, 0.2) is 0 Å². The van der Waals surface area contributed by atoms with Crippen LogP contribution in [0.25, 0.3) is 5.70 Å². The van der Waals surface area contributed by atoms with Crippen LogP contribution in [0.3, 0.4) is 0 Å². The van der Waals surface area contributed by atoms with E-state index in [0.717, 1.165) is 11.3 Å². The molecule has 4 nitrogen and oxygen atoms in total. The molecule has 0 bridgehead atoms. The Morgan fingerprint density at radius 3 is 2.48 bits per heavy atom. The molecule has 2 atom stereocenters. The van der Waals surface area contributed by atoms with Gasteiger partial charge in [-0.3, -0.25) is 0 Å². The zero-order valence-corrected chi connectivity index (χ0v) is 12.8. The summed E-state index contributed by atoms with van der Waals surface area (Å²) in [6.45, 7) is 2.15. The number of nitrogens with zero attached hydrogens (tertiary/aromatic N) is 2. The minimum Gasteiger partial charge on any atom is -0.464 e. The molecule has 0 amide bonds. The van der Waals surface area contributed by atoms with Gasteiger partial charge in [0.1, 0.15) is 11.9 Å². The van der Waals surface area contributed by atoms with Crippen LogP contribution < -0.4 is 0 Å². The highest BCUT2D eigenvalue weighted by molar-refractivity contribution is 5.83. The van der Waals surface area contributed by atoms with E-state index < -0.39 is 0 Å². The van der Waals surface area contributed by atoms with E-state index in [0.29, 0.717) is 6.61 Å². The Hall–Kier alpha value is -1.88. The van der Waals surface area contributed by atoms with Gasteiger partial charge in [-0.05, 0) is 44.8 Å². The monoisotopic (exact) mass is 292 g/mol. The number of halogens is 1. The van der Waals surface area contributed by atoms with Crippen LogP contribution in [0.15, 0.2) is 30.3 Å². The predicted molar refractivity (Wildman–Crippen MR) is 80.0 cm³/mol. The van der Waals surface area contributed by atoms with E-state index in [9.17, 15) is 9.18 Å². The van der Waals surface area contributed by atoms with Crippen molar-refractivity contribution < 1.29 is 13.9 Å². The van der Waals surface area contributed by atoms with Crippen LogP contribution >= 0.6 is 0 Å². The third-order valence-corrected chi connectivity index (χ3v) is 3.71. The second-order valence-electron chi connectivity index (χ2n) is 5.32. The molecule has 0 fully saturated rings. The maximum atomic E-state index is 13.1. The lowest BCUT2D eigenvalue weighted by Gasteiger charge is -2.29. The third kappa shape index (κ3) is 3.08. The summed E-state index contributed by atoms with van der Waals surface area (Å²) >= 11 is 0. The average molecular weight is 292 g/mol. The fraction of sp³-hybridized carbons (Fsp3) is 0.438. The van der Waals surface area contributed by atoms with Crippen molar-refractivity contribution in [3.05, 3.63) is 41.7 Å². The molecule has 0 aliphatic carbocycles. The Bertz CT molecular complexity index is 540. The number of carbonyl (C=O) groups excluding carboxylic acids is 1. The van der Waals surface area contributed by atoms with Crippen molar-refractivity contribution in [2.75, 3.05) is 27.7 Å². The maximum absolute atomic E-state index is 13.1. The van der Waals surface area contributed by atoms with Crippen molar-refractivity contribution in [1.82, 2.24) is 9.80 Å². The normalized spacial score (nSPS) is 21.6. The molecule has 0 saturated carbocycles. The van der Waals surface area contributed by atoms with E-state index >= 15 is 0 Å². The number of rotatable bonds is 4. The van der Waals surface area contributed by atoms with Gasteiger partial charge in [0.25, 0.3) is 0 Å². The summed E-state index contributed by atoms with van der Waals surface area (Å²) in [5.74, 6) is -0.516. The Balaban J connectivity index is 2.33. The first-order chi connectivity index (χ1) is 9.95. The summed E-state index contributed by atoms with van der Waals surface area (Å²) in [5.41, 5.74) is 1.80. The number of carbonyl (C=O) groups is 1. The minimum absolute atomic E-state index is 0.0749. The van der Waals surface area contributed by atoms with Crippen molar-refractivity contribution in [3.63, 3.8) is 0 Å². The summed E-state index contributed by atoms with van der Waals surface area (Å²) in [7, 11) is 5.71. The van der Waals surface area contributed by atoms with Crippen molar-refractivity contribution in [2.45, 2.75) is 19.0 Å². The number of ether oxygens (including phenoxy) is 1. The van der Waals surface area contributed by atoms with E-state index in [1.165, 1.54) is 12.1 Å². The Morgan fingerprint density at radius 1 is 1.33 bits per heavy atom. The van der Waals surface area contributed by atoms with Gasteiger partial charge in [-0.25, -0.2) is 9.18 Å². The zero-order chi connectivity index (χ0) is 15.6. The van der Waals surface area contributed by atoms with Gasteiger partial charge in [0.05, 0.1) is 12.6 Å². The number of benzene rings is 1. The van der Waals surface area contributed by atoms with Crippen molar-refractivity contribution in [1.29, 1.82) is 0 Å². The molecule has 1 aliphatic rings. The Kier molecular flexibility index (Phi) is 4.63. The first-order valence-electron chi connectivity index (χ1n) is 6.99. The van der Waals surface area contributed by atoms with Gasteiger partial charge in [-0.1, -0.05) is 12.1 Å². The average Bonchev–Trinajstić information content (AvgIpc) is 2.78. The fourth-order valence-corrected chi connectivity index (χ4v) is 2.63. The molecular weight excluding hydrogens is 271 g/mol. The van der Waals surface area contributed by atoms with Crippen LogP contribution in [0.1, 0.15) is 12.5 Å². The van der Waals surface area contributed by atoms with E-state index in [1.807, 2.05) is 37.0 Å². The molecule has 0 unspecified atom stereocenters. The van der Waals surface area contributed by atoms with Crippen molar-refractivity contribution in [2.24, 2.45) is 0 Å². The van der Waals surface area contributed by atoms with E-state index in [2.05, 4.69) is 0 Å². The molecule has 114 valence electrons. The van der Waals surface area contributed by atoms with Gasteiger partial charge < -0.3 is 14.5 Å². The van der Waals surface area contributed by atoms with E-state index in [-0.39, 0.29) is 23.9 Å². The molecular formula is C16H21FN2O2. The molecule has 5 heteroatoms. The first kappa shape index (κ1) is 15.5. The zero-order valence-electron chi connectivity index (χ0n) is 12.8. The molecule has 0 aromatic heterocycles. The van der Waals surface area contributed by atoms with Crippen LogP contribution in [0.4, 0.5) is 4.39 Å². The molecule has 0 saturated heterocycles. The van der Waals surface area contributed by atoms with Gasteiger partial charge in [-0.2, -0.15) is 0 Å². The summed E-state index contributed by atoms with van der Waals surface area (Å²) in [5, 5.41) is 0. The van der Waals surface area contributed by atoms with Crippen LogP contribution in [0.2, 0.25) is 0 Å². The molecule has 2 rings (SSSR count). The van der Waals surface area contributed by atoms with E-state index in [1.54, 1.807) is 19.1 Å². The molecule has 0 N–H and O–H groups in total. The first-order valence-corrected chi connectivity index (χ1v) is 6.99. The standard InChI is InChI=1S/C16H21FN2O2/c1-5-21-16(20)15-14(18(2)3)10-13(19(15)4)11-6-8-12(17)9-7-11/h6-10,14-15H,5H2,1-4H3/t14-,15-/m1/s1. The molecule has 21 heavy (non-hydrogen) atoms. The summed E-state index contributed by atoms with van der Waals surface area (Å²) in [6.07, 6.45) is 2.02. The molecule has 1 aliphatic heterocycles. The Labute approximate surface area is 124 Å². The highest BCUT2D eigenvalue weighted by Crippen LogP contribution is 2.31. The molecule has 1 heterocycles. The van der Waals surface area contributed by atoms with Crippen molar-refractivity contribution >= 4 is 11.7 Å². The molecule has 0 spiro atoms. The number of likely N-dealkylation sites (N-methyl/N-ethyl adjacent to an activating group) is 2. The van der Waals surface area contributed by atoms with Gasteiger partial charge in [-0.15, -0.1) is 0 Å². The predicted octanol–water partition coefficient (Wildman–Crippen LogP) is 1.97. The SMILES string of the molecule is CCOC(=O)[C@H]1[C@H](N(C)C)C=C(c2ccc(F)cc2)N1C. The number of hydrogen-bond acceptors (Lipinski definition) is 4. The van der Waals surface area contributed by atoms with Crippen LogP contribution in [0.5, 0.6) is 0 Å². The lowest BCUT2D eigenvalue weighted by molar-refractivity contribution is -0.148. The van der Waals surface area contributed by atoms with Crippen molar-refractivity contribution in [3.8, 4) is 0 Å². The maximum Gasteiger partial charge on any atom is 0.330 e. The lowest BCUT2D eigenvalue weighted by atomic mass is 10.1. The van der Waals surface area contributed by atoms with Crippen LogP contribution in [-0.2, 0) is 9.53 Å². The number of hydrogen-bond donors (Lipinski definition) is 0. The van der Waals surface area contributed by atoms with Crippen LogP contribution in [-0.4, -0.2) is 55.6 Å². The fourth-order valence-electron chi connectivity index (χ4n) is 2.63. The topological polar surface area (TPSA) is 32.8 Å². The summed E-state index contributed by atoms with van der Waals surface area (Å²) in [6, 6.07) is 5.82. The lowest BCUT2D eigenvalue weighted by Crippen LogP contribution is -2.47. The summed E-state index contributed by atoms with van der Waals surface area (Å²) in [4.78, 5) is 16.1. The van der Waals surface area contributed by atoms with Gasteiger partial charge >= 0.3 is 5.97 Å². The second kappa shape index (κ2) is 6.26. The Morgan fingerprint density at radius 2 is 1.95 bits per heavy atom. The van der Waals surface area contributed by atoms with Gasteiger partial charge in [0.2, 0.25) is 0 Å². The van der Waals surface area contributed by atoms with E-state index in [4.69, 9.17) is 4.74 Å². The highest BCUT2D eigenvalue weighted by Gasteiger charge is 2.40. The molecule has 1 aromatic carbocycles. The summed E-state index contributed by atoms with van der Waals surface area (Å²) < 4.78 is 18.2. The van der Waals surface area contributed by atoms with Crippen LogP contribution in [0, 0.1) is 5.82 Å². The minimum atomic E-state index is -0.389. The highest BCUT2D eigenvalue weighted by atomic mass is 19.1. The van der Waals surface area contributed by atoms with Gasteiger partial charge in [0, 0.05) is 12.7 Å². The third-order valence-electron chi connectivity index (χ3n) is 3.71. The largest absolute Gasteiger partial charge is 0.464 e.